The van der Waals surface area contributed by atoms with Crippen LogP contribution in [0.2, 0.25) is 5.02 Å². The number of hydrogen-bond donors (Lipinski definition) is 2. The third-order valence-electron chi connectivity index (χ3n) is 3.86. The van der Waals surface area contributed by atoms with Crippen LogP contribution < -0.4 is 20.5 Å². The molecule has 2 N–H and O–H groups in total. The number of aromatic nitrogens is 2. The molecule has 2 aromatic carbocycles. The zero-order valence-electron chi connectivity index (χ0n) is 15.4. The third-order valence-corrected chi connectivity index (χ3v) is 4.23. The van der Waals surface area contributed by atoms with Crippen LogP contribution in [0.15, 0.2) is 58.6 Å². The number of anilines is 1. The van der Waals surface area contributed by atoms with Gasteiger partial charge in [0, 0.05) is 0 Å². The molecule has 3 aromatic rings. The first-order valence-electron chi connectivity index (χ1n) is 8.45. The van der Waals surface area contributed by atoms with Gasteiger partial charge in [0.25, 0.3) is 5.56 Å². The van der Waals surface area contributed by atoms with Crippen molar-refractivity contribution in [2.24, 2.45) is 5.10 Å². The minimum absolute atomic E-state index is 0.00960. The number of aromatic amines is 1. The smallest absolute Gasteiger partial charge is 0.285 e. The Bertz CT molecular complexity index is 1050. The Morgan fingerprint density at radius 1 is 1.25 bits per heavy atom. The standard InChI is InChI=1S/C20H19ClN4O3/c1-13-4-3-5-15(8-13)12-28-17-7-6-14(9-18(17)27-2)10-22-24-16-11-23-25-20(26)19(16)21/h3-11H,12H2,1-2H3,(H2,24,25,26)/b22-10+. The van der Waals surface area contributed by atoms with E-state index in [2.05, 4.69) is 26.8 Å². The number of benzene rings is 2. The van der Waals surface area contributed by atoms with Crippen LogP contribution in [0.25, 0.3) is 0 Å². The summed E-state index contributed by atoms with van der Waals surface area (Å²) in [6, 6.07) is 13.6. The predicted octanol–water partition coefficient (Wildman–Crippen LogP) is 3.77. The van der Waals surface area contributed by atoms with E-state index in [1.165, 1.54) is 11.8 Å². The summed E-state index contributed by atoms with van der Waals surface area (Å²) in [6.45, 7) is 2.49. The Labute approximate surface area is 167 Å². The normalized spacial score (nSPS) is 10.8. The number of hydrogen-bond acceptors (Lipinski definition) is 6. The highest BCUT2D eigenvalue weighted by molar-refractivity contribution is 6.32. The molecule has 0 spiro atoms. The van der Waals surface area contributed by atoms with Gasteiger partial charge in [-0.3, -0.25) is 10.2 Å². The van der Waals surface area contributed by atoms with E-state index in [9.17, 15) is 4.79 Å². The monoisotopic (exact) mass is 398 g/mol. The second kappa shape index (κ2) is 9.05. The van der Waals surface area contributed by atoms with E-state index in [1.54, 1.807) is 19.4 Å². The van der Waals surface area contributed by atoms with E-state index in [-0.39, 0.29) is 5.02 Å². The van der Waals surface area contributed by atoms with Gasteiger partial charge in [-0.2, -0.15) is 10.2 Å². The van der Waals surface area contributed by atoms with Crippen molar-refractivity contribution in [2.75, 3.05) is 12.5 Å². The average molecular weight is 399 g/mol. The van der Waals surface area contributed by atoms with Crippen molar-refractivity contribution in [3.63, 3.8) is 0 Å². The molecule has 1 aromatic heterocycles. The molecule has 3 rings (SSSR count). The van der Waals surface area contributed by atoms with Gasteiger partial charge in [0.05, 0.1) is 19.5 Å². The Hall–Kier alpha value is -3.32. The number of aryl methyl sites for hydroxylation is 1. The topological polar surface area (TPSA) is 88.6 Å². The molecule has 0 aliphatic rings. The molecule has 0 fully saturated rings. The number of H-pyrrole nitrogens is 1. The van der Waals surface area contributed by atoms with Crippen LogP contribution in [0.1, 0.15) is 16.7 Å². The summed E-state index contributed by atoms with van der Waals surface area (Å²) < 4.78 is 11.3. The maximum absolute atomic E-state index is 11.4. The molecule has 7 nitrogen and oxygen atoms in total. The lowest BCUT2D eigenvalue weighted by molar-refractivity contribution is 0.284. The Kier molecular flexibility index (Phi) is 6.29. The van der Waals surface area contributed by atoms with Gasteiger partial charge in [0.15, 0.2) is 11.5 Å². The molecule has 28 heavy (non-hydrogen) atoms. The number of ether oxygens (including phenoxy) is 2. The van der Waals surface area contributed by atoms with Crippen LogP contribution in [0.4, 0.5) is 5.69 Å². The molecule has 0 radical (unpaired) electrons. The number of rotatable bonds is 7. The van der Waals surface area contributed by atoms with Crippen molar-refractivity contribution in [3.05, 3.63) is 80.7 Å². The fourth-order valence-corrected chi connectivity index (χ4v) is 2.62. The van der Waals surface area contributed by atoms with E-state index in [4.69, 9.17) is 21.1 Å². The summed E-state index contributed by atoms with van der Waals surface area (Å²) >= 11 is 5.88. The largest absolute Gasteiger partial charge is 0.493 e. The first-order chi connectivity index (χ1) is 13.6. The Balaban J connectivity index is 1.68. The molecule has 0 aliphatic carbocycles. The van der Waals surface area contributed by atoms with Gasteiger partial charge in [-0.25, -0.2) is 5.10 Å². The molecule has 0 saturated carbocycles. The van der Waals surface area contributed by atoms with Crippen LogP contribution in [0, 0.1) is 6.92 Å². The minimum Gasteiger partial charge on any atom is -0.493 e. The Morgan fingerprint density at radius 2 is 2.11 bits per heavy atom. The van der Waals surface area contributed by atoms with Crippen molar-refractivity contribution < 1.29 is 9.47 Å². The van der Waals surface area contributed by atoms with E-state index in [1.807, 2.05) is 37.3 Å². The quantitative estimate of drug-likeness (QED) is 0.467. The van der Waals surface area contributed by atoms with Crippen LogP contribution in [-0.2, 0) is 6.61 Å². The molecule has 0 bridgehead atoms. The summed E-state index contributed by atoms with van der Waals surface area (Å²) in [4.78, 5) is 11.4. The molecular weight excluding hydrogens is 380 g/mol. The third kappa shape index (κ3) is 4.89. The zero-order chi connectivity index (χ0) is 19.9. The molecule has 0 saturated heterocycles. The van der Waals surface area contributed by atoms with Gasteiger partial charge in [0.2, 0.25) is 0 Å². The number of methoxy groups -OCH3 is 1. The average Bonchev–Trinajstić information content (AvgIpc) is 2.70. The number of hydrazone groups is 1. The first kappa shape index (κ1) is 19.4. The SMILES string of the molecule is COc1cc(/C=N/Nc2cn[nH]c(=O)c2Cl)ccc1OCc1cccc(C)c1. The van der Waals surface area contributed by atoms with Gasteiger partial charge >= 0.3 is 0 Å². The van der Waals surface area contributed by atoms with Crippen molar-refractivity contribution in [1.29, 1.82) is 0 Å². The number of nitrogens with zero attached hydrogens (tertiary/aromatic N) is 2. The fourth-order valence-electron chi connectivity index (χ4n) is 2.48. The molecule has 0 aliphatic heterocycles. The second-order valence-corrected chi connectivity index (χ2v) is 6.36. The van der Waals surface area contributed by atoms with Gasteiger partial charge in [-0.15, -0.1) is 0 Å². The van der Waals surface area contributed by atoms with Crippen LogP contribution in [-0.4, -0.2) is 23.5 Å². The maximum atomic E-state index is 11.4. The predicted molar refractivity (Wildman–Crippen MR) is 110 cm³/mol. The molecule has 1 heterocycles. The Morgan fingerprint density at radius 3 is 2.89 bits per heavy atom. The van der Waals surface area contributed by atoms with Gasteiger partial charge in [-0.05, 0) is 36.2 Å². The van der Waals surface area contributed by atoms with Crippen molar-refractivity contribution in [1.82, 2.24) is 10.2 Å². The molecular formula is C20H19ClN4O3. The summed E-state index contributed by atoms with van der Waals surface area (Å²) in [5, 5.41) is 9.97. The molecule has 0 atom stereocenters. The lowest BCUT2D eigenvalue weighted by atomic mass is 10.1. The van der Waals surface area contributed by atoms with Gasteiger partial charge < -0.3 is 9.47 Å². The highest BCUT2D eigenvalue weighted by Gasteiger charge is 2.06. The van der Waals surface area contributed by atoms with Gasteiger partial charge in [-0.1, -0.05) is 41.4 Å². The van der Waals surface area contributed by atoms with Crippen molar-refractivity contribution in [3.8, 4) is 11.5 Å². The van der Waals surface area contributed by atoms with Crippen LogP contribution in [0.5, 0.6) is 11.5 Å². The fraction of sp³-hybridized carbons (Fsp3) is 0.150. The van der Waals surface area contributed by atoms with Crippen molar-refractivity contribution in [2.45, 2.75) is 13.5 Å². The number of nitrogens with one attached hydrogen (secondary N) is 2. The summed E-state index contributed by atoms with van der Waals surface area (Å²) in [5.41, 5.74) is 5.56. The molecule has 144 valence electrons. The maximum Gasteiger partial charge on any atom is 0.285 e. The first-order valence-corrected chi connectivity index (χ1v) is 8.83. The van der Waals surface area contributed by atoms with Gasteiger partial charge in [0.1, 0.15) is 17.3 Å². The van der Waals surface area contributed by atoms with Crippen molar-refractivity contribution >= 4 is 23.5 Å². The molecule has 0 unspecified atom stereocenters. The van der Waals surface area contributed by atoms with E-state index >= 15 is 0 Å². The zero-order valence-corrected chi connectivity index (χ0v) is 16.2. The number of halogens is 1. The second-order valence-electron chi connectivity index (χ2n) is 5.98. The van der Waals surface area contributed by atoms with Crippen LogP contribution >= 0.6 is 11.6 Å². The summed E-state index contributed by atoms with van der Waals surface area (Å²) in [6.07, 6.45) is 2.95. The molecule has 8 heteroatoms. The van der Waals surface area contributed by atoms with Crippen LogP contribution in [0.3, 0.4) is 0 Å². The minimum atomic E-state index is -0.487. The van der Waals surface area contributed by atoms with E-state index < -0.39 is 5.56 Å². The molecule has 0 amide bonds. The summed E-state index contributed by atoms with van der Waals surface area (Å²) in [7, 11) is 1.58. The lowest BCUT2D eigenvalue weighted by Crippen LogP contribution is -2.10. The summed E-state index contributed by atoms with van der Waals surface area (Å²) in [5.74, 6) is 1.23. The highest BCUT2D eigenvalue weighted by Crippen LogP contribution is 2.28. The van der Waals surface area contributed by atoms with E-state index in [0.29, 0.717) is 23.8 Å². The lowest BCUT2D eigenvalue weighted by Gasteiger charge is -2.11. The van der Waals surface area contributed by atoms with E-state index in [0.717, 1.165) is 11.1 Å². The highest BCUT2D eigenvalue weighted by atomic mass is 35.5.